The molecule has 0 aliphatic carbocycles. The van der Waals surface area contributed by atoms with Gasteiger partial charge in [-0.15, -0.1) is 0 Å². The summed E-state index contributed by atoms with van der Waals surface area (Å²) in [5, 5.41) is 3.49. The SMILES string of the molecule is Cc1cccc(OCC(=O)N(Cc2cccc(Cl)c2)[C@H](C)C(=O)NCC(C)C)c1C. The maximum atomic E-state index is 13.1. The number of nitrogens with zero attached hydrogens (tertiary/aromatic N) is 1. The molecule has 0 fully saturated rings. The Morgan fingerprint density at radius 1 is 1.10 bits per heavy atom. The average Bonchev–Trinajstić information content (AvgIpc) is 2.70. The average molecular weight is 431 g/mol. The summed E-state index contributed by atoms with van der Waals surface area (Å²) in [6, 6.07) is 12.4. The van der Waals surface area contributed by atoms with Crippen LogP contribution < -0.4 is 10.1 Å². The molecule has 0 aromatic heterocycles. The van der Waals surface area contributed by atoms with E-state index in [0.717, 1.165) is 16.7 Å². The second-order valence-corrected chi connectivity index (χ2v) is 8.39. The van der Waals surface area contributed by atoms with Crippen molar-refractivity contribution >= 4 is 23.4 Å². The van der Waals surface area contributed by atoms with Crippen molar-refractivity contribution < 1.29 is 14.3 Å². The van der Waals surface area contributed by atoms with Gasteiger partial charge >= 0.3 is 0 Å². The van der Waals surface area contributed by atoms with E-state index in [2.05, 4.69) is 5.32 Å². The van der Waals surface area contributed by atoms with Gasteiger partial charge in [0.05, 0.1) is 0 Å². The minimum Gasteiger partial charge on any atom is -0.483 e. The third-order valence-corrected chi connectivity index (χ3v) is 5.23. The monoisotopic (exact) mass is 430 g/mol. The smallest absolute Gasteiger partial charge is 0.261 e. The highest BCUT2D eigenvalue weighted by atomic mass is 35.5. The Balaban J connectivity index is 2.17. The highest BCUT2D eigenvalue weighted by Gasteiger charge is 2.26. The molecule has 2 aromatic rings. The Bertz CT molecular complexity index is 883. The summed E-state index contributed by atoms with van der Waals surface area (Å²) in [7, 11) is 0. The van der Waals surface area contributed by atoms with Crippen molar-refractivity contribution in [2.45, 2.75) is 47.2 Å². The quantitative estimate of drug-likeness (QED) is 0.636. The zero-order valence-corrected chi connectivity index (χ0v) is 19.1. The summed E-state index contributed by atoms with van der Waals surface area (Å²) >= 11 is 6.10. The molecule has 1 N–H and O–H groups in total. The van der Waals surface area contributed by atoms with Crippen molar-refractivity contribution in [2.75, 3.05) is 13.2 Å². The van der Waals surface area contributed by atoms with E-state index in [0.29, 0.717) is 23.2 Å². The number of benzene rings is 2. The first-order chi connectivity index (χ1) is 14.2. The highest BCUT2D eigenvalue weighted by Crippen LogP contribution is 2.21. The third-order valence-electron chi connectivity index (χ3n) is 5.00. The van der Waals surface area contributed by atoms with Gasteiger partial charge in [0.15, 0.2) is 6.61 Å². The number of hydrogen-bond acceptors (Lipinski definition) is 3. The van der Waals surface area contributed by atoms with Gasteiger partial charge in [-0.05, 0) is 61.6 Å². The van der Waals surface area contributed by atoms with Crippen LogP contribution in [0.4, 0.5) is 0 Å². The van der Waals surface area contributed by atoms with E-state index in [4.69, 9.17) is 16.3 Å². The lowest BCUT2D eigenvalue weighted by atomic mass is 10.1. The lowest BCUT2D eigenvalue weighted by molar-refractivity contribution is -0.142. The van der Waals surface area contributed by atoms with Crippen LogP contribution in [0.25, 0.3) is 0 Å². The van der Waals surface area contributed by atoms with Crippen LogP contribution in [0.3, 0.4) is 0 Å². The number of carbonyl (C=O) groups excluding carboxylic acids is 2. The minimum atomic E-state index is -0.641. The molecule has 2 aromatic carbocycles. The molecular weight excluding hydrogens is 400 g/mol. The van der Waals surface area contributed by atoms with E-state index >= 15 is 0 Å². The predicted octanol–water partition coefficient (Wildman–Crippen LogP) is 4.53. The van der Waals surface area contributed by atoms with Gasteiger partial charge in [0.2, 0.25) is 5.91 Å². The fourth-order valence-electron chi connectivity index (χ4n) is 2.97. The number of halogens is 1. The molecule has 0 aliphatic rings. The zero-order chi connectivity index (χ0) is 22.3. The number of hydrogen-bond donors (Lipinski definition) is 1. The van der Waals surface area contributed by atoms with Gasteiger partial charge < -0.3 is 15.0 Å². The van der Waals surface area contributed by atoms with E-state index in [9.17, 15) is 9.59 Å². The Labute approximate surface area is 184 Å². The molecule has 30 heavy (non-hydrogen) atoms. The van der Waals surface area contributed by atoms with Crippen molar-refractivity contribution in [2.24, 2.45) is 5.92 Å². The molecule has 0 aliphatic heterocycles. The summed E-state index contributed by atoms with van der Waals surface area (Å²) in [6.45, 7) is 10.4. The van der Waals surface area contributed by atoms with E-state index < -0.39 is 6.04 Å². The topological polar surface area (TPSA) is 58.6 Å². The summed E-state index contributed by atoms with van der Waals surface area (Å²) in [6.07, 6.45) is 0. The van der Waals surface area contributed by atoms with Crippen LogP contribution in [-0.2, 0) is 16.1 Å². The fraction of sp³-hybridized carbons (Fsp3) is 0.417. The molecule has 1 atom stereocenters. The van der Waals surface area contributed by atoms with E-state index in [1.807, 2.05) is 58.0 Å². The zero-order valence-electron chi connectivity index (χ0n) is 18.4. The van der Waals surface area contributed by atoms with Crippen LogP contribution in [0, 0.1) is 19.8 Å². The van der Waals surface area contributed by atoms with Gasteiger partial charge in [-0.3, -0.25) is 9.59 Å². The Kier molecular flexibility index (Phi) is 8.72. The number of carbonyl (C=O) groups is 2. The van der Waals surface area contributed by atoms with Crippen LogP contribution in [0.2, 0.25) is 5.02 Å². The van der Waals surface area contributed by atoms with Crippen molar-refractivity contribution in [3.63, 3.8) is 0 Å². The Hall–Kier alpha value is -2.53. The molecule has 162 valence electrons. The van der Waals surface area contributed by atoms with Crippen LogP contribution in [0.1, 0.15) is 37.5 Å². The van der Waals surface area contributed by atoms with Crippen molar-refractivity contribution in [1.82, 2.24) is 10.2 Å². The summed E-state index contributed by atoms with van der Waals surface area (Å²) in [5.74, 6) is 0.544. The van der Waals surface area contributed by atoms with Gasteiger partial charge in [0, 0.05) is 18.1 Å². The molecule has 0 bridgehead atoms. The number of nitrogens with one attached hydrogen (secondary N) is 1. The molecule has 0 spiro atoms. The number of amides is 2. The second-order valence-electron chi connectivity index (χ2n) is 7.95. The molecule has 0 unspecified atom stereocenters. The minimum absolute atomic E-state index is 0.146. The molecule has 0 saturated heterocycles. The number of aryl methyl sites for hydroxylation is 1. The molecule has 2 amide bonds. The summed E-state index contributed by atoms with van der Waals surface area (Å²) < 4.78 is 5.80. The maximum absolute atomic E-state index is 13.1. The van der Waals surface area contributed by atoms with Crippen molar-refractivity contribution in [1.29, 1.82) is 0 Å². The van der Waals surface area contributed by atoms with Gasteiger partial charge in [0.1, 0.15) is 11.8 Å². The van der Waals surface area contributed by atoms with Gasteiger partial charge in [0.25, 0.3) is 5.91 Å². The van der Waals surface area contributed by atoms with E-state index in [-0.39, 0.29) is 25.0 Å². The third kappa shape index (κ3) is 6.77. The molecule has 0 saturated carbocycles. The van der Waals surface area contributed by atoms with Crippen molar-refractivity contribution in [3.8, 4) is 5.75 Å². The second kappa shape index (κ2) is 11.0. The standard InChI is InChI=1S/C24H31ClN2O3/c1-16(2)13-26-24(29)19(5)27(14-20-9-7-10-21(25)12-20)23(28)15-30-22-11-6-8-17(3)18(22)4/h6-12,16,19H,13-15H2,1-5H3,(H,26,29)/t19-/m1/s1. The Morgan fingerprint density at radius 2 is 1.80 bits per heavy atom. The molecular formula is C24H31ClN2O3. The summed E-state index contributed by atoms with van der Waals surface area (Å²) in [5.41, 5.74) is 2.94. The van der Waals surface area contributed by atoms with Gasteiger partial charge in [-0.25, -0.2) is 0 Å². The van der Waals surface area contributed by atoms with Crippen LogP contribution in [-0.4, -0.2) is 35.9 Å². The first kappa shape index (κ1) is 23.7. The number of rotatable bonds is 9. The molecule has 6 heteroatoms. The first-order valence-electron chi connectivity index (χ1n) is 10.2. The van der Waals surface area contributed by atoms with Gasteiger partial charge in [-0.2, -0.15) is 0 Å². The predicted molar refractivity (Wildman–Crippen MR) is 121 cm³/mol. The van der Waals surface area contributed by atoms with Gasteiger partial charge in [-0.1, -0.05) is 49.7 Å². The highest BCUT2D eigenvalue weighted by molar-refractivity contribution is 6.30. The molecule has 5 nitrogen and oxygen atoms in total. The van der Waals surface area contributed by atoms with Crippen LogP contribution in [0.5, 0.6) is 5.75 Å². The first-order valence-corrected chi connectivity index (χ1v) is 10.6. The van der Waals surface area contributed by atoms with Crippen LogP contribution >= 0.6 is 11.6 Å². The maximum Gasteiger partial charge on any atom is 0.261 e. The van der Waals surface area contributed by atoms with Crippen LogP contribution in [0.15, 0.2) is 42.5 Å². The molecule has 0 radical (unpaired) electrons. The van der Waals surface area contributed by atoms with E-state index in [1.165, 1.54) is 4.90 Å². The van der Waals surface area contributed by atoms with Crippen molar-refractivity contribution in [3.05, 3.63) is 64.2 Å². The molecule has 0 heterocycles. The number of ether oxygens (including phenoxy) is 1. The lowest BCUT2D eigenvalue weighted by Crippen LogP contribution is -2.49. The normalized spacial score (nSPS) is 11.8. The fourth-order valence-corrected chi connectivity index (χ4v) is 3.18. The lowest BCUT2D eigenvalue weighted by Gasteiger charge is -2.29. The largest absolute Gasteiger partial charge is 0.483 e. The summed E-state index contributed by atoms with van der Waals surface area (Å²) in [4.78, 5) is 27.3. The molecule has 2 rings (SSSR count). The van der Waals surface area contributed by atoms with E-state index in [1.54, 1.807) is 19.1 Å². The Morgan fingerprint density at radius 3 is 2.47 bits per heavy atom.